The van der Waals surface area contributed by atoms with Gasteiger partial charge in [0, 0.05) is 23.2 Å². The maximum Gasteiger partial charge on any atom is 0.273 e. The van der Waals surface area contributed by atoms with E-state index in [1.807, 2.05) is 19.9 Å². The molecule has 0 amide bonds. The first kappa shape index (κ1) is 14.5. The van der Waals surface area contributed by atoms with E-state index in [1.54, 1.807) is 12.3 Å². The predicted octanol–water partition coefficient (Wildman–Crippen LogP) is 4.29. The fourth-order valence-corrected chi connectivity index (χ4v) is 2.02. The average molecular weight is 337 g/mol. The number of hydrogen-bond acceptors (Lipinski definition) is 4. The minimum Gasteiger partial charge on any atom is -0.438 e. The van der Waals surface area contributed by atoms with E-state index in [-0.39, 0.29) is 5.69 Å². The molecule has 0 saturated carbocycles. The van der Waals surface area contributed by atoms with Crippen LogP contribution in [0.2, 0.25) is 0 Å². The normalized spacial score (nSPS) is 10.3. The van der Waals surface area contributed by atoms with E-state index in [0.717, 1.165) is 22.0 Å². The maximum absolute atomic E-state index is 10.8. The number of nitro benzene ring substituents is 1. The van der Waals surface area contributed by atoms with E-state index in [4.69, 9.17) is 4.74 Å². The second-order valence-electron chi connectivity index (χ2n) is 4.41. The molecule has 0 saturated heterocycles. The van der Waals surface area contributed by atoms with E-state index >= 15 is 0 Å². The first-order chi connectivity index (χ1) is 9.51. The lowest BCUT2D eigenvalue weighted by Gasteiger charge is -2.10. The Labute approximate surface area is 124 Å². The Hall–Kier alpha value is -1.95. The number of benzene rings is 1. The molecule has 0 radical (unpaired) electrons. The molecule has 5 nitrogen and oxygen atoms in total. The van der Waals surface area contributed by atoms with Crippen LogP contribution in [-0.4, -0.2) is 9.91 Å². The summed E-state index contributed by atoms with van der Waals surface area (Å²) >= 11 is 3.36. The van der Waals surface area contributed by atoms with Crippen molar-refractivity contribution in [2.45, 2.75) is 19.2 Å². The van der Waals surface area contributed by atoms with Gasteiger partial charge in [0.15, 0.2) is 0 Å². The van der Waals surface area contributed by atoms with Crippen molar-refractivity contribution in [3.63, 3.8) is 0 Å². The summed E-state index contributed by atoms with van der Waals surface area (Å²) in [5.41, 5.74) is 2.75. The number of hydrogen-bond donors (Lipinski definition) is 0. The molecule has 104 valence electrons. The number of aromatic nitrogens is 1. The molecule has 0 aliphatic carbocycles. The lowest BCUT2D eigenvalue weighted by atomic mass is 10.2. The minimum atomic E-state index is -0.444. The monoisotopic (exact) mass is 336 g/mol. The van der Waals surface area contributed by atoms with Crippen LogP contribution >= 0.6 is 15.9 Å². The quantitative estimate of drug-likeness (QED) is 0.474. The third-order valence-corrected chi connectivity index (χ3v) is 3.48. The van der Waals surface area contributed by atoms with Crippen LogP contribution in [0.25, 0.3) is 0 Å². The molecule has 1 aromatic heterocycles. The van der Waals surface area contributed by atoms with Crippen LogP contribution in [-0.2, 0) is 5.33 Å². The van der Waals surface area contributed by atoms with Crippen LogP contribution in [0.5, 0.6) is 11.6 Å². The molecule has 2 aromatic rings. The van der Waals surface area contributed by atoms with Gasteiger partial charge in [-0.25, -0.2) is 4.98 Å². The molecule has 1 aromatic carbocycles. The lowest BCUT2D eigenvalue weighted by molar-refractivity contribution is -0.384. The molecule has 0 atom stereocenters. The molecule has 0 bridgehead atoms. The summed E-state index contributed by atoms with van der Waals surface area (Å²) in [7, 11) is 0. The van der Waals surface area contributed by atoms with Crippen LogP contribution in [0.4, 0.5) is 5.69 Å². The Morgan fingerprint density at radius 1 is 1.30 bits per heavy atom. The summed E-state index contributed by atoms with van der Waals surface area (Å²) in [4.78, 5) is 14.6. The van der Waals surface area contributed by atoms with E-state index in [9.17, 15) is 10.1 Å². The van der Waals surface area contributed by atoms with E-state index in [1.165, 1.54) is 12.1 Å². The zero-order valence-corrected chi connectivity index (χ0v) is 12.7. The van der Waals surface area contributed by atoms with Gasteiger partial charge in [-0.2, -0.15) is 0 Å². The van der Waals surface area contributed by atoms with E-state index in [2.05, 4.69) is 20.9 Å². The largest absolute Gasteiger partial charge is 0.438 e. The summed E-state index contributed by atoms with van der Waals surface area (Å²) in [6.07, 6.45) is 1.71. The smallest absolute Gasteiger partial charge is 0.273 e. The van der Waals surface area contributed by atoms with Crippen molar-refractivity contribution < 1.29 is 9.66 Å². The van der Waals surface area contributed by atoms with Gasteiger partial charge in [-0.1, -0.05) is 15.9 Å². The number of ether oxygens (including phenoxy) is 1. The number of alkyl halides is 1. The van der Waals surface area contributed by atoms with Crippen molar-refractivity contribution in [1.82, 2.24) is 4.98 Å². The molecule has 2 rings (SSSR count). The van der Waals surface area contributed by atoms with Crippen LogP contribution in [0.3, 0.4) is 0 Å². The Morgan fingerprint density at radius 3 is 2.65 bits per heavy atom. The highest BCUT2D eigenvalue weighted by atomic mass is 79.9. The average Bonchev–Trinajstić information content (AvgIpc) is 2.42. The number of nitrogens with zero attached hydrogens (tertiary/aromatic N) is 2. The highest BCUT2D eigenvalue weighted by Crippen LogP contribution is 2.29. The fourth-order valence-electron chi connectivity index (χ4n) is 1.72. The van der Waals surface area contributed by atoms with Crippen LogP contribution in [0.1, 0.15) is 16.7 Å². The summed E-state index contributed by atoms with van der Waals surface area (Å²) in [6.45, 7) is 3.72. The Balaban J connectivity index is 2.34. The van der Waals surface area contributed by atoms with Crippen LogP contribution in [0.15, 0.2) is 30.5 Å². The fraction of sp³-hybridized carbons (Fsp3) is 0.214. The topological polar surface area (TPSA) is 65.3 Å². The first-order valence-corrected chi connectivity index (χ1v) is 7.08. The number of non-ortho nitro benzene ring substituents is 1. The first-order valence-electron chi connectivity index (χ1n) is 5.95. The third-order valence-electron chi connectivity index (χ3n) is 2.83. The van der Waals surface area contributed by atoms with Gasteiger partial charge in [0.05, 0.1) is 11.0 Å². The molecule has 0 fully saturated rings. The SMILES string of the molecule is Cc1ccc([N+](=O)[O-])cc1Oc1ncc(CBr)cc1C. The number of halogens is 1. The van der Waals surface area contributed by atoms with Gasteiger partial charge in [0.2, 0.25) is 5.88 Å². The summed E-state index contributed by atoms with van der Waals surface area (Å²) in [5.74, 6) is 0.902. The standard InChI is InChI=1S/C14H13BrN2O3/c1-9-3-4-12(17(18)19)6-13(9)20-14-10(2)5-11(7-15)8-16-14/h3-6,8H,7H2,1-2H3. The second kappa shape index (κ2) is 6.00. The van der Waals surface area contributed by atoms with Gasteiger partial charge in [0.25, 0.3) is 5.69 Å². The molecule has 6 heteroatoms. The van der Waals surface area contributed by atoms with Gasteiger partial charge in [0.1, 0.15) is 5.75 Å². The van der Waals surface area contributed by atoms with Gasteiger partial charge in [-0.3, -0.25) is 10.1 Å². The van der Waals surface area contributed by atoms with Crippen LogP contribution in [0, 0.1) is 24.0 Å². The molecule has 0 aliphatic heterocycles. The summed E-state index contributed by atoms with van der Waals surface area (Å²) in [6, 6.07) is 6.49. The van der Waals surface area contributed by atoms with Crippen molar-refractivity contribution in [3.8, 4) is 11.6 Å². The molecule has 0 aliphatic rings. The highest BCUT2D eigenvalue weighted by molar-refractivity contribution is 9.08. The molecular weight excluding hydrogens is 324 g/mol. The molecular formula is C14H13BrN2O3. The zero-order chi connectivity index (χ0) is 14.7. The Bertz CT molecular complexity index is 659. The van der Waals surface area contributed by atoms with Crippen molar-refractivity contribution in [2.75, 3.05) is 0 Å². The minimum absolute atomic E-state index is 0.000307. The highest BCUT2D eigenvalue weighted by Gasteiger charge is 2.12. The van der Waals surface area contributed by atoms with Crippen molar-refractivity contribution >= 4 is 21.6 Å². The molecule has 0 spiro atoms. The molecule has 0 N–H and O–H groups in total. The predicted molar refractivity (Wildman–Crippen MR) is 79.5 cm³/mol. The van der Waals surface area contributed by atoms with Crippen molar-refractivity contribution in [1.29, 1.82) is 0 Å². The van der Waals surface area contributed by atoms with Gasteiger partial charge in [-0.05, 0) is 37.1 Å². The van der Waals surface area contributed by atoms with Crippen molar-refractivity contribution in [3.05, 3.63) is 57.3 Å². The third kappa shape index (κ3) is 3.14. The number of pyridine rings is 1. The summed E-state index contributed by atoms with van der Waals surface area (Å²) in [5, 5.41) is 11.5. The maximum atomic E-state index is 10.8. The van der Waals surface area contributed by atoms with E-state index in [0.29, 0.717) is 11.6 Å². The van der Waals surface area contributed by atoms with Crippen LogP contribution < -0.4 is 4.74 Å². The summed E-state index contributed by atoms with van der Waals surface area (Å²) < 4.78 is 5.70. The zero-order valence-electron chi connectivity index (χ0n) is 11.1. The lowest BCUT2D eigenvalue weighted by Crippen LogP contribution is -1.96. The second-order valence-corrected chi connectivity index (χ2v) is 4.97. The van der Waals surface area contributed by atoms with E-state index < -0.39 is 4.92 Å². The molecule has 0 unspecified atom stereocenters. The number of rotatable bonds is 4. The molecule has 20 heavy (non-hydrogen) atoms. The number of aryl methyl sites for hydroxylation is 2. The number of nitro groups is 1. The van der Waals surface area contributed by atoms with Crippen molar-refractivity contribution in [2.24, 2.45) is 0 Å². The van der Waals surface area contributed by atoms with Gasteiger partial charge < -0.3 is 4.74 Å². The van der Waals surface area contributed by atoms with Gasteiger partial charge in [-0.15, -0.1) is 0 Å². The molecule has 1 heterocycles. The Morgan fingerprint density at radius 2 is 2.05 bits per heavy atom. The van der Waals surface area contributed by atoms with Gasteiger partial charge >= 0.3 is 0 Å². The Kier molecular flexibility index (Phi) is 4.34.